The molecule has 24 heavy (non-hydrogen) atoms. The lowest BCUT2D eigenvalue weighted by Crippen LogP contribution is -2.56. The Balaban J connectivity index is 1.91. The Morgan fingerprint density at radius 1 is 1.38 bits per heavy atom. The number of ether oxygens (including phenoxy) is 1. The molecule has 0 radical (unpaired) electrons. The molecule has 2 heterocycles. The molecule has 1 saturated heterocycles. The smallest absolute Gasteiger partial charge is 0.136 e. The molecule has 5 N–H and O–H groups in total. The van der Waals surface area contributed by atoms with Gasteiger partial charge in [0.2, 0.25) is 0 Å². The molecule has 1 aliphatic heterocycles. The molecule has 1 aliphatic rings. The third-order valence-corrected chi connectivity index (χ3v) is 4.64. The molecular formula is C18H22N4O2. The predicted octanol–water partition coefficient (Wildman–Crippen LogP) is 2.41. The summed E-state index contributed by atoms with van der Waals surface area (Å²) in [5, 5.41) is 20.3. The van der Waals surface area contributed by atoms with Crippen molar-refractivity contribution in [1.29, 1.82) is 5.41 Å². The molecule has 0 atom stereocenters. The number of benzene rings is 1. The van der Waals surface area contributed by atoms with Crippen molar-refractivity contribution in [2.75, 3.05) is 25.4 Å². The summed E-state index contributed by atoms with van der Waals surface area (Å²) in [5.41, 5.74) is 8.15. The maximum Gasteiger partial charge on any atom is 0.136 e. The quantitative estimate of drug-likeness (QED) is 0.610. The van der Waals surface area contributed by atoms with Gasteiger partial charge in [0.15, 0.2) is 0 Å². The Hall–Kier alpha value is -2.60. The van der Waals surface area contributed by atoms with Crippen molar-refractivity contribution in [3.8, 4) is 22.8 Å². The maximum absolute atomic E-state index is 9.42. The van der Waals surface area contributed by atoms with Gasteiger partial charge in [-0.2, -0.15) is 0 Å². The van der Waals surface area contributed by atoms with Crippen LogP contribution in [0.4, 0.5) is 5.82 Å². The summed E-state index contributed by atoms with van der Waals surface area (Å²) in [6, 6.07) is 8.55. The molecule has 0 amide bonds. The lowest BCUT2D eigenvalue weighted by molar-refractivity contribution is 0.0783. The van der Waals surface area contributed by atoms with Crippen molar-refractivity contribution >= 4 is 12.0 Å². The van der Waals surface area contributed by atoms with Crippen molar-refractivity contribution in [2.24, 2.45) is 5.41 Å². The van der Waals surface area contributed by atoms with Crippen LogP contribution in [0.2, 0.25) is 0 Å². The lowest BCUT2D eigenvalue weighted by atomic mass is 9.80. The molecule has 0 unspecified atom stereocenters. The SMILES string of the molecule is CCC1(COc2cc(-c3ccc(O)cc3)nc(N)c2C=N)CNC1. The summed E-state index contributed by atoms with van der Waals surface area (Å²) in [7, 11) is 0. The van der Waals surface area contributed by atoms with E-state index in [9.17, 15) is 5.11 Å². The number of nitrogens with two attached hydrogens (primary N) is 1. The number of rotatable bonds is 6. The number of nitrogens with one attached hydrogen (secondary N) is 2. The number of phenolic OH excluding ortho intramolecular Hbond substituents is 1. The third-order valence-electron chi connectivity index (χ3n) is 4.64. The van der Waals surface area contributed by atoms with Crippen molar-refractivity contribution in [1.82, 2.24) is 10.3 Å². The fourth-order valence-electron chi connectivity index (χ4n) is 2.76. The summed E-state index contributed by atoms with van der Waals surface area (Å²) in [6.45, 7) is 4.62. The van der Waals surface area contributed by atoms with Crippen LogP contribution in [-0.2, 0) is 0 Å². The van der Waals surface area contributed by atoms with E-state index < -0.39 is 0 Å². The van der Waals surface area contributed by atoms with Crippen LogP contribution in [0, 0.1) is 10.8 Å². The van der Waals surface area contributed by atoms with Gasteiger partial charge in [-0.3, -0.25) is 0 Å². The number of nitrogen functional groups attached to an aromatic ring is 1. The van der Waals surface area contributed by atoms with Gasteiger partial charge in [-0.1, -0.05) is 6.92 Å². The van der Waals surface area contributed by atoms with Crippen LogP contribution in [0.5, 0.6) is 11.5 Å². The van der Waals surface area contributed by atoms with Crippen molar-refractivity contribution in [2.45, 2.75) is 13.3 Å². The zero-order valence-electron chi connectivity index (χ0n) is 13.7. The molecule has 0 spiro atoms. The fraction of sp³-hybridized carbons (Fsp3) is 0.333. The zero-order valence-corrected chi connectivity index (χ0v) is 13.7. The van der Waals surface area contributed by atoms with E-state index in [0.717, 1.165) is 25.1 Å². The molecule has 0 saturated carbocycles. The number of anilines is 1. The van der Waals surface area contributed by atoms with Gasteiger partial charge in [-0.05, 0) is 30.7 Å². The summed E-state index contributed by atoms with van der Waals surface area (Å²) in [4.78, 5) is 4.36. The highest BCUT2D eigenvalue weighted by atomic mass is 16.5. The second-order valence-electron chi connectivity index (χ2n) is 6.24. The molecule has 0 bridgehead atoms. The fourth-order valence-corrected chi connectivity index (χ4v) is 2.76. The first-order valence-electron chi connectivity index (χ1n) is 8.01. The Bertz CT molecular complexity index is 734. The number of aromatic nitrogens is 1. The van der Waals surface area contributed by atoms with E-state index in [2.05, 4.69) is 17.2 Å². The lowest BCUT2D eigenvalue weighted by Gasteiger charge is -2.41. The van der Waals surface area contributed by atoms with Crippen LogP contribution in [0.25, 0.3) is 11.3 Å². The van der Waals surface area contributed by atoms with Gasteiger partial charge in [0.05, 0.1) is 17.9 Å². The van der Waals surface area contributed by atoms with Gasteiger partial charge in [0.1, 0.15) is 17.3 Å². The minimum Gasteiger partial charge on any atom is -0.508 e. The molecular weight excluding hydrogens is 304 g/mol. The first-order valence-corrected chi connectivity index (χ1v) is 8.01. The minimum atomic E-state index is 0.149. The maximum atomic E-state index is 9.42. The van der Waals surface area contributed by atoms with Crippen LogP contribution in [0.1, 0.15) is 18.9 Å². The number of pyridine rings is 1. The van der Waals surface area contributed by atoms with E-state index >= 15 is 0 Å². The van der Waals surface area contributed by atoms with Gasteiger partial charge < -0.3 is 26.3 Å². The summed E-state index contributed by atoms with van der Waals surface area (Å²) in [5.74, 6) is 1.03. The monoisotopic (exact) mass is 326 g/mol. The van der Waals surface area contributed by atoms with Gasteiger partial charge in [0.25, 0.3) is 0 Å². The molecule has 6 nitrogen and oxygen atoms in total. The summed E-state index contributed by atoms with van der Waals surface area (Å²) in [6.07, 6.45) is 2.21. The van der Waals surface area contributed by atoms with Gasteiger partial charge in [-0.15, -0.1) is 0 Å². The van der Waals surface area contributed by atoms with Crippen molar-refractivity contribution in [3.05, 3.63) is 35.9 Å². The number of aromatic hydroxyl groups is 1. The Labute approximate surface area is 141 Å². The van der Waals surface area contributed by atoms with E-state index in [1.165, 1.54) is 6.21 Å². The predicted molar refractivity (Wildman–Crippen MR) is 94.7 cm³/mol. The highest BCUT2D eigenvalue weighted by Crippen LogP contribution is 2.32. The third kappa shape index (κ3) is 3.05. The van der Waals surface area contributed by atoms with Crippen LogP contribution in [0.15, 0.2) is 30.3 Å². The second-order valence-corrected chi connectivity index (χ2v) is 6.24. The average molecular weight is 326 g/mol. The molecule has 2 aromatic rings. The molecule has 0 aliphatic carbocycles. The average Bonchev–Trinajstić information content (AvgIpc) is 2.54. The summed E-state index contributed by atoms with van der Waals surface area (Å²) >= 11 is 0. The van der Waals surface area contributed by atoms with Crippen LogP contribution in [0.3, 0.4) is 0 Å². The Kier molecular flexibility index (Phi) is 4.40. The number of hydrogen-bond donors (Lipinski definition) is 4. The molecule has 126 valence electrons. The van der Waals surface area contributed by atoms with Crippen molar-refractivity contribution < 1.29 is 9.84 Å². The Morgan fingerprint density at radius 2 is 2.08 bits per heavy atom. The summed E-state index contributed by atoms with van der Waals surface area (Å²) < 4.78 is 6.03. The standard InChI is InChI=1S/C18H22N4O2/c1-2-18(9-21-10-18)11-24-16-7-15(22-17(20)14(16)8-19)12-3-5-13(23)6-4-12/h3-8,19,21,23H,2,9-11H2,1H3,(H2,20,22). The van der Waals surface area contributed by atoms with Gasteiger partial charge in [0, 0.05) is 36.3 Å². The second kappa shape index (κ2) is 6.49. The normalized spacial score (nSPS) is 15.5. The molecule has 3 rings (SSSR count). The van der Waals surface area contributed by atoms with Crippen LogP contribution >= 0.6 is 0 Å². The number of hydrogen-bond acceptors (Lipinski definition) is 6. The van der Waals surface area contributed by atoms with E-state index in [4.69, 9.17) is 15.9 Å². The van der Waals surface area contributed by atoms with E-state index in [0.29, 0.717) is 23.6 Å². The molecule has 1 aromatic heterocycles. The van der Waals surface area contributed by atoms with Crippen molar-refractivity contribution in [3.63, 3.8) is 0 Å². The Morgan fingerprint density at radius 3 is 2.62 bits per heavy atom. The van der Waals surface area contributed by atoms with E-state index in [-0.39, 0.29) is 17.0 Å². The molecule has 6 heteroatoms. The van der Waals surface area contributed by atoms with E-state index in [1.807, 2.05) is 0 Å². The highest BCUT2D eigenvalue weighted by molar-refractivity contribution is 5.88. The van der Waals surface area contributed by atoms with Gasteiger partial charge >= 0.3 is 0 Å². The first kappa shape index (κ1) is 16.3. The minimum absolute atomic E-state index is 0.149. The highest BCUT2D eigenvalue weighted by Gasteiger charge is 2.36. The topological polar surface area (TPSA) is 104 Å². The molecule has 1 fully saturated rings. The molecule has 1 aromatic carbocycles. The zero-order chi connectivity index (χ0) is 17.2. The first-order chi connectivity index (χ1) is 11.6. The van der Waals surface area contributed by atoms with E-state index in [1.54, 1.807) is 30.3 Å². The number of nitrogens with zero attached hydrogens (tertiary/aromatic N) is 1. The van der Waals surface area contributed by atoms with Crippen LogP contribution < -0.4 is 15.8 Å². The van der Waals surface area contributed by atoms with Gasteiger partial charge in [-0.25, -0.2) is 4.98 Å². The number of phenols is 1. The van der Waals surface area contributed by atoms with Crippen LogP contribution in [-0.4, -0.2) is 36.0 Å². The largest absolute Gasteiger partial charge is 0.508 e.